The van der Waals surface area contributed by atoms with Crippen LogP contribution in [-0.2, 0) is 60.7 Å². The predicted octanol–water partition coefficient (Wildman–Crippen LogP) is 11.3. The van der Waals surface area contributed by atoms with E-state index in [-0.39, 0.29) is 122 Å². The van der Waals surface area contributed by atoms with Gasteiger partial charge in [-0.25, -0.2) is 0 Å². The van der Waals surface area contributed by atoms with Gasteiger partial charge in [0.25, 0.3) is 0 Å². The highest BCUT2D eigenvalue weighted by atomic mass is 28.4. The minimum atomic E-state index is -2.05. The monoisotopic (exact) mass is 1110 g/mol. The molecule has 0 aromatic rings. The molecule has 0 saturated carbocycles. The Bertz CT molecular complexity index is 1810. The second-order valence-corrected chi connectivity index (χ2v) is 38.0. The van der Waals surface area contributed by atoms with Crippen LogP contribution in [0, 0.1) is 11.8 Å². The van der Waals surface area contributed by atoms with Crippen LogP contribution < -0.4 is 0 Å². The van der Waals surface area contributed by atoms with Gasteiger partial charge in [-0.05, 0) is 116 Å². The summed E-state index contributed by atoms with van der Waals surface area (Å²) in [5.74, 6) is -1.04. The normalized spacial score (nSPS) is 37.2. The van der Waals surface area contributed by atoms with Gasteiger partial charge in [-0.2, -0.15) is 0 Å². The molecule has 18 atom stereocenters. The molecule has 0 radical (unpaired) electrons. The maximum atomic E-state index is 13.1. The van der Waals surface area contributed by atoms with Crippen LogP contribution in [0.4, 0.5) is 0 Å². The summed E-state index contributed by atoms with van der Waals surface area (Å²) >= 11 is 0. The van der Waals surface area contributed by atoms with Gasteiger partial charge in [-0.3, -0.25) is 4.79 Å². The molecule has 8 heterocycles. The molecule has 0 aliphatic carbocycles. The summed E-state index contributed by atoms with van der Waals surface area (Å²) in [5.41, 5.74) is 2.20. The van der Waals surface area contributed by atoms with E-state index in [1.54, 1.807) is 7.11 Å². The molecule has 8 saturated heterocycles. The number of hydrogen-bond donors (Lipinski definition) is 1. The average Bonchev–Trinajstić information content (AvgIpc) is 4.12. The average molecular weight is 1110 g/mol. The number of ether oxygens (including phenoxy) is 9. The number of aliphatic hydroxyl groups excluding tert-OH is 1. The van der Waals surface area contributed by atoms with Crippen molar-refractivity contribution < 1.29 is 65.8 Å². The van der Waals surface area contributed by atoms with Gasteiger partial charge in [0, 0.05) is 45.3 Å². The Morgan fingerprint density at radius 3 is 1.97 bits per heavy atom. The first-order valence-corrected chi connectivity index (χ1v) is 37.8. The smallest absolute Gasteiger partial charge is 0.305 e. The zero-order valence-electron chi connectivity index (χ0n) is 48.7. The van der Waals surface area contributed by atoms with Crippen molar-refractivity contribution in [1.29, 1.82) is 0 Å². The predicted molar refractivity (Wildman–Crippen MR) is 299 cm³/mol. The van der Waals surface area contributed by atoms with Crippen molar-refractivity contribution in [2.75, 3.05) is 27.4 Å². The Labute approximate surface area is 456 Å². The molecule has 0 spiro atoms. The number of methoxy groups -OCH3 is 2. The maximum absolute atomic E-state index is 13.1. The zero-order chi connectivity index (χ0) is 54.3. The number of rotatable bonds is 32. The summed E-state index contributed by atoms with van der Waals surface area (Å²) in [6.07, 6.45) is 5.42. The van der Waals surface area contributed by atoms with E-state index < -0.39 is 30.7 Å². The molecular formula is C58H104O14Si3. The molecule has 0 amide bonds. The highest BCUT2D eigenvalue weighted by Crippen LogP contribution is 2.54. The maximum Gasteiger partial charge on any atom is 0.305 e. The van der Waals surface area contributed by atoms with Gasteiger partial charge >= 0.3 is 5.97 Å². The third-order valence-electron chi connectivity index (χ3n) is 20.1. The molecule has 8 aliphatic heterocycles. The van der Waals surface area contributed by atoms with Crippen LogP contribution in [0.15, 0.2) is 24.3 Å². The van der Waals surface area contributed by atoms with E-state index in [0.717, 1.165) is 97.6 Å². The first-order valence-electron chi connectivity index (χ1n) is 30.2. The Morgan fingerprint density at radius 2 is 1.35 bits per heavy atom. The fraction of sp³-hybridized carbons (Fsp3) is 0.914. The zero-order valence-corrected chi connectivity index (χ0v) is 51.7. The van der Waals surface area contributed by atoms with Crippen molar-refractivity contribution in [1.82, 2.24) is 0 Å². The molecule has 17 heteroatoms. The van der Waals surface area contributed by atoms with Crippen molar-refractivity contribution in [2.45, 2.75) is 298 Å². The molecule has 8 fully saturated rings. The minimum absolute atomic E-state index is 0.00468. The molecular weight excluding hydrogens is 1000 g/mol. The topological polar surface area (TPSA) is 148 Å². The van der Waals surface area contributed by atoms with Gasteiger partial charge in [0.1, 0.15) is 30.5 Å². The Morgan fingerprint density at radius 1 is 0.707 bits per heavy atom. The largest absolute Gasteiger partial charge is 0.469 e. The van der Waals surface area contributed by atoms with Gasteiger partial charge in [-0.15, -0.1) is 0 Å². The van der Waals surface area contributed by atoms with E-state index in [1.807, 2.05) is 0 Å². The summed E-state index contributed by atoms with van der Waals surface area (Å²) < 4.78 is 81.8. The Hall–Kier alpha value is -0.879. The minimum Gasteiger partial charge on any atom is -0.469 e. The van der Waals surface area contributed by atoms with Crippen LogP contribution in [0.2, 0.25) is 54.4 Å². The highest BCUT2D eigenvalue weighted by Gasteiger charge is 2.68. The van der Waals surface area contributed by atoms with Crippen LogP contribution >= 0.6 is 0 Å². The first kappa shape index (κ1) is 61.7. The second kappa shape index (κ2) is 27.3. The van der Waals surface area contributed by atoms with Gasteiger partial charge in [0.15, 0.2) is 30.7 Å². The number of hydrogen-bond acceptors (Lipinski definition) is 14. The first-order chi connectivity index (χ1) is 36.0. The molecule has 0 unspecified atom stereocenters. The SMILES string of the molecule is C=C1C[C@H](CC[C@@]23C[C@@H]4O[C@H]5[C@H](O[C@@H](CCCO)[C@H](O[Si](CC)(CC)CC)[C@H]5O2)[C@H]4O3)O[C@H]1CC[C@H]1C[C@@H](C)C(=C)[C@@H](C[C@@H]2O[C@H](C[C@@H](CO[Si](CC)(CC)CC)O[Si](CC)(CC)CC)[C@H](OC)[C@H]2CC(=O)OC)O1. The quantitative estimate of drug-likeness (QED) is 0.0387. The number of carbonyl (C=O) groups excluding carboxylic acids is 1. The molecule has 6 bridgehead atoms. The standard InChI is InChI=1S/C58H104O14Si3/c1-15-73(16-2,17-3)63-37-43(71-74(18-4,19-5)20-6)33-49-52(62-14)44(34-51(60)61-13)48(66-49)35-47-40(12)38(10)31-41(65-47)26-27-45-39(11)32-42(64-45)28-29-58-36-50-53(69-58)55-56(68-50)57(70-58)54(46(67-55)25-24-30-59)72-75(21-7,22-8)23-9/h38,41-50,52-57,59H,11-12,15-37H2,1-10,13-14H3/t38-,41+,42+,43+,44+,45+,46+,47-,48+,49-,50+,52-,53+,54+,55-,56+,57-,58+/m1/s1. The van der Waals surface area contributed by atoms with Crippen LogP contribution in [0.25, 0.3) is 0 Å². The van der Waals surface area contributed by atoms with Crippen LogP contribution in [-0.4, -0.2) is 161 Å². The number of aliphatic hydroxyl groups is 1. The van der Waals surface area contributed by atoms with Crippen molar-refractivity contribution in [3.05, 3.63) is 24.3 Å². The molecule has 75 heavy (non-hydrogen) atoms. The lowest BCUT2D eigenvalue weighted by molar-refractivity contribution is -0.271. The summed E-state index contributed by atoms with van der Waals surface area (Å²) in [5, 5.41) is 9.85. The van der Waals surface area contributed by atoms with E-state index in [1.165, 1.54) is 7.11 Å². The van der Waals surface area contributed by atoms with Gasteiger partial charge < -0.3 is 61.0 Å². The van der Waals surface area contributed by atoms with Gasteiger partial charge in [0.2, 0.25) is 0 Å². The van der Waals surface area contributed by atoms with E-state index in [4.69, 9.17) is 55.9 Å². The van der Waals surface area contributed by atoms with E-state index >= 15 is 0 Å². The van der Waals surface area contributed by atoms with Crippen molar-refractivity contribution in [3.63, 3.8) is 0 Å². The van der Waals surface area contributed by atoms with Crippen LogP contribution in [0.5, 0.6) is 0 Å². The fourth-order valence-electron chi connectivity index (χ4n) is 14.4. The lowest BCUT2D eigenvalue weighted by atomic mass is 9.82. The third kappa shape index (κ3) is 13.7. The highest BCUT2D eigenvalue weighted by molar-refractivity contribution is 6.74. The Balaban J connectivity index is 0.981. The van der Waals surface area contributed by atoms with Gasteiger partial charge in [0.05, 0.1) is 81.2 Å². The molecule has 0 aromatic heterocycles. The lowest BCUT2D eigenvalue weighted by Crippen LogP contribution is -2.62. The van der Waals surface area contributed by atoms with E-state index in [2.05, 4.69) is 82.4 Å². The van der Waals surface area contributed by atoms with E-state index in [9.17, 15) is 9.90 Å². The fourth-order valence-corrected chi connectivity index (χ4v) is 22.8. The van der Waals surface area contributed by atoms with Crippen LogP contribution in [0.3, 0.4) is 0 Å². The molecule has 1 N–H and O–H groups in total. The molecule has 0 aromatic carbocycles. The molecule has 432 valence electrons. The van der Waals surface area contributed by atoms with Crippen LogP contribution in [0.1, 0.15) is 146 Å². The number of esters is 1. The Kier molecular flexibility index (Phi) is 22.4. The molecule has 8 rings (SSSR count). The summed E-state index contributed by atoms with van der Waals surface area (Å²) in [6, 6.07) is 9.46. The van der Waals surface area contributed by atoms with Gasteiger partial charge in [-0.1, -0.05) is 82.4 Å². The molecule has 14 nitrogen and oxygen atoms in total. The summed E-state index contributed by atoms with van der Waals surface area (Å²) in [7, 11) is -2.76. The lowest BCUT2D eigenvalue weighted by Gasteiger charge is -2.47. The summed E-state index contributed by atoms with van der Waals surface area (Å²) in [4.78, 5) is 13.1. The van der Waals surface area contributed by atoms with Crippen molar-refractivity contribution >= 4 is 30.9 Å². The second-order valence-electron chi connectivity index (χ2n) is 23.8. The van der Waals surface area contributed by atoms with Crippen molar-refractivity contribution in [3.8, 4) is 0 Å². The van der Waals surface area contributed by atoms with E-state index in [0.29, 0.717) is 45.1 Å². The number of carbonyl (C=O) groups is 1. The molecule has 8 aliphatic rings. The van der Waals surface area contributed by atoms with Crippen molar-refractivity contribution in [2.24, 2.45) is 11.8 Å². The summed E-state index contributed by atoms with van der Waals surface area (Å²) in [6.45, 7) is 32.5. The third-order valence-corrected chi connectivity index (χ3v) is 34.1.